The van der Waals surface area contributed by atoms with Gasteiger partial charge in [-0.25, -0.2) is 4.98 Å². The van der Waals surface area contributed by atoms with Crippen molar-refractivity contribution in [1.82, 2.24) is 10.3 Å². The van der Waals surface area contributed by atoms with Crippen molar-refractivity contribution in [2.75, 3.05) is 5.75 Å². The summed E-state index contributed by atoms with van der Waals surface area (Å²) in [5.41, 5.74) is 3.39. The Bertz CT molecular complexity index is 647. The predicted octanol–water partition coefficient (Wildman–Crippen LogP) is 3.48. The number of fused-ring (bicyclic) bond motifs is 1. The largest absolute Gasteiger partial charge is 0.349 e. The van der Waals surface area contributed by atoms with Crippen molar-refractivity contribution in [3.05, 3.63) is 59.3 Å². The highest BCUT2D eigenvalue weighted by Crippen LogP contribution is 2.24. The van der Waals surface area contributed by atoms with E-state index in [-0.39, 0.29) is 11.9 Å². The van der Waals surface area contributed by atoms with E-state index in [0.29, 0.717) is 5.56 Å². The molecule has 1 heterocycles. The number of rotatable bonds is 5. The predicted molar refractivity (Wildman–Crippen MR) is 90.4 cm³/mol. The number of carbonyl (C=O) groups is 1. The first-order valence-corrected chi connectivity index (χ1v) is 8.72. The van der Waals surface area contributed by atoms with E-state index in [1.807, 2.05) is 12.1 Å². The van der Waals surface area contributed by atoms with Crippen molar-refractivity contribution in [1.29, 1.82) is 0 Å². The van der Waals surface area contributed by atoms with E-state index in [1.165, 1.54) is 11.1 Å². The minimum absolute atomic E-state index is 0.00971. The standard InChI is InChI=1S/C18H20N2OS/c1-2-10-22-18-16(8-5-9-19-18)17(21)20-15-11-13-6-3-4-7-14(13)12-15/h3-9,15H,2,10-12H2,1H3,(H,20,21). The molecule has 0 atom stereocenters. The van der Waals surface area contributed by atoms with Crippen LogP contribution < -0.4 is 5.32 Å². The Hall–Kier alpha value is -1.81. The van der Waals surface area contributed by atoms with Gasteiger partial charge in [0.25, 0.3) is 5.91 Å². The molecule has 1 aliphatic carbocycles. The zero-order valence-electron chi connectivity index (χ0n) is 12.7. The van der Waals surface area contributed by atoms with E-state index in [0.717, 1.165) is 30.0 Å². The van der Waals surface area contributed by atoms with Gasteiger partial charge >= 0.3 is 0 Å². The summed E-state index contributed by atoms with van der Waals surface area (Å²) in [5, 5.41) is 4.00. The van der Waals surface area contributed by atoms with Gasteiger partial charge in [-0.3, -0.25) is 4.79 Å². The van der Waals surface area contributed by atoms with E-state index in [9.17, 15) is 4.79 Å². The molecular formula is C18H20N2OS. The molecule has 1 aliphatic rings. The zero-order valence-corrected chi connectivity index (χ0v) is 13.5. The minimum atomic E-state index is -0.00971. The van der Waals surface area contributed by atoms with Crippen molar-refractivity contribution in [3.63, 3.8) is 0 Å². The Morgan fingerprint density at radius 1 is 1.23 bits per heavy atom. The van der Waals surface area contributed by atoms with Crippen molar-refractivity contribution < 1.29 is 4.79 Å². The number of carbonyl (C=O) groups excluding carboxylic acids is 1. The molecule has 1 aromatic carbocycles. The van der Waals surface area contributed by atoms with Crippen LogP contribution in [0, 0.1) is 0 Å². The molecule has 0 spiro atoms. The molecule has 0 fully saturated rings. The molecule has 1 amide bonds. The van der Waals surface area contributed by atoms with Gasteiger partial charge in [0.1, 0.15) is 5.03 Å². The molecule has 0 unspecified atom stereocenters. The Labute approximate surface area is 135 Å². The quantitative estimate of drug-likeness (QED) is 0.860. The molecule has 0 radical (unpaired) electrons. The maximum absolute atomic E-state index is 12.6. The molecule has 2 aromatic rings. The third-order valence-corrected chi connectivity index (χ3v) is 5.06. The maximum Gasteiger partial charge on any atom is 0.254 e. The molecule has 3 nitrogen and oxygen atoms in total. The summed E-state index contributed by atoms with van der Waals surface area (Å²) < 4.78 is 0. The number of amides is 1. The molecule has 4 heteroatoms. The molecule has 0 saturated carbocycles. The summed E-state index contributed by atoms with van der Waals surface area (Å²) in [6.45, 7) is 2.13. The van der Waals surface area contributed by atoms with Gasteiger partial charge < -0.3 is 5.32 Å². The van der Waals surface area contributed by atoms with Crippen LogP contribution >= 0.6 is 11.8 Å². The average molecular weight is 312 g/mol. The highest BCUT2D eigenvalue weighted by molar-refractivity contribution is 7.99. The minimum Gasteiger partial charge on any atom is -0.349 e. The average Bonchev–Trinajstić information content (AvgIpc) is 2.95. The second kappa shape index (κ2) is 6.97. The molecular weight excluding hydrogens is 292 g/mol. The van der Waals surface area contributed by atoms with Gasteiger partial charge in [0.2, 0.25) is 0 Å². The van der Waals surface area contributed by atoms with Crippen LogP contribution in [0.5, 0.6) is 0 Å². The SMILES string of the molecule is CCCSc1ncccc1C(=O)NC1Cc2ccccc2C1. The monoisotopic (exact) mass is 312 g/mol. The first-order chi connectivity index (χ1) is 10.8. The summed E-state index contributed by atoms with van der Waals surface area (Å²) in [4.78, 5) is 16.9. The normalized spacial score (nSPS) is 13.9. The lowest BCUT2D eigenvalue weighted by Gasteiger charge is -2.13. The fraction of sp³-hybridized carbons (Fsp3) is 0.333. The summed E-state index contributed by atoms with van der Waals surface area (Å²) in [7, 11) is 0. The maximum atomic E-state index is 12.6. The number of hydrogen-bond donors (Lipinski definition) is 1. The molecule has 22 heavy (non-hydrogen) atoms. The van der Waals surface area contributed by atoms with Crippen LogP contribution in [0.25, 0.3) is 0 Å². The van der Waals surface area contributed by atoms with Crippen LogP contribution in [0.2, 0.25) is 0 Å². The zero-order chi connectivity index (χ0) is 15.4. The Morgan fingerprint density at radius 2 is 1.95 bits per heavy atom. The third-order valence-electron chi connectivity index (χ3n) is 3.84. The van der Waals surface area contributed by atoms with Crippen molar-refractivity contribution in [2.24, 2.45) is 0 Å². The lowest BCUT2D eigenvalue weighted by molar-refractivity contribution is 0.0935. The lowest BCUT2D eigenvalue weighted by atomic mass is 10.1. The van der Waals surface area contributed by atoms with Gasteiger partial charge in [0.15, 0.2) is 0 Å². The van der Waals surface area contributed by atoms with Gasteiger partial charge in [-0.2, -0.15) is 0 Å². The first-order valence-electron chi connectivity index (χ1n) is 7.73. The van der Waals surface area contributed by atoms with Crippen LogP contribution in [0.15, 0.2) is 47.6 Å². The highest BCUT2D eigenvalue weighted by Gasteiger charge is 2.23. The molecule has 0 bridgehead atoms. The van der Waals surface area contributed by atoms with E-state index >= 15 is 0 Å². The number of nitrogens with one attached hydrogen (secondary N) is 1. The van der Waals surface area contributed by atoms with E-state index in [1.54, 1.807) is 18.0 Å². The number of aromatic nitrogens is 1. The van der Waals surface area contributed by atoms with Gasteiger partial charge in [0.05, 0.1) is 5.56 Å². The Morgan fingerprint density at radius 3 is 2.64 bits per heavy atom. The summed E-state index contributed by atoms with van der Waals surface area (Å²) >= 11 is 1.65. The van der Waals surface area contributed by atoms with E-state index < -0.39 is 0 Å². The number of benzene rings is 1. The second-order valence-corrected chi connectivity index (χ2v) is 6.64. The number of thioether (sulfide) groups is 1. The van der Waals surface area contributed by atoms with Crippen molar-refractivity contribution in [2.45, 2.75) is 37.3 Å². The molecule has 0 aliphatic heterocycles. The first kappa shape index (κ1) is 15.1. The molecule has 1 aromatic heterocycles. The fourth-order valence-electron chi connectivity index (χ4n) is 2.80. The van der Waals surface area contributed by atoms with Gasteiger partial charge in [-0.05, 0) is 48.3 Å². The molecule has 0 saturated heterocycles. The number of hydrogen-bond acceptors (Lipinski definition) is 3. The van der Waals surface area contributed by atoms with Gasteiger partial charge in [0, 0.05) is 12.2 Å². The fourth-order valence-corrected chi connectivity index (χ4v) is 3.65. The third kappa shape index (κ3) is 3.33. The van der Waals surface area contributed by atoms with Gasteiger partial charge in [-0.15, -0.1) is 11.8 Å². The van der Waals surface area contributed by atoms with Crippen LogP contribution in [-0.4, -0.2) is 22.7 Å². The van der Waals surface area contributed by atoms with Gasteiger partial charge in [-0.1, -0.05) is 31.2 Å². The van der Waals surface area contributed by atoms with Crippen LogP contribution in [-0.2, 0) is 12.8 Å². The molecule has 114 valence electrons. The van der Waals surface area contributed by atoms with Crippen LogP contribution in [0.4, 0.5) is 0 Å². The lowest BCUT2D eigenvalue weighted by Crippen LogP contribution is -2.35. The van der Waals surface area contributed by atoms with E-state index in [2.05, 4.69) is 41.5 Å². The number of nitrogens with zero attached hydrogens (tertiary/aromatic N) is 1. The van der Waals surface area contributed by atoms with E-state index in [4.69, 9.17) is 0 Å². The summed E-state index contributed by atoms with van der Waals surface area (Å²) in [6, 6.07) is 12.3. The number of pyridine rings is 1. The van der Waals surface area contributed by atoms with Crippen LogP contribution in [0.3, 0.4) is 0 Å². The molecule has 1 N–H and O–H groups in total. The van der Waals surface area contributed by atoms with Crippen molar-refractivity contribution >= 4 is 17.7 Å². The highest BCUT2D eigenvalue weighted by atomic mass is 32.2. The van der Waals surface area contributed by atoms with Crippen molar-refractivity contribution in [3.8, 4) is 0 Å². The van der Waals surface area contributed by atoms with Crippen LogP contribution in [0.1, 0.15) is 34.8 Å². The summed E-state index contributed by atoms with van der Waals surface area (Å²) in [5.74, 6) is 0.969. The Balaban J connectivity index is 1.68. The molecule has 3 rings (SSSR count). The topological polar surface area (TPSA) is 42.0 Å². The smallest absolute Gasteiger partial charge is 0.254 e. The Kier molecular flexibility index (Phi) is 4.78. The second-order valence-electron chi connectivity index (χ2n) is 5.55. The summed E-state index contributed by atoms with van der Waals surface area (Å²) in [6.07, 6.45) is 4.65.